The van der Waals surface area contributed by atoms with Crippen molar-refractivity contribution < 1.29 is 111 Å². The molecule has 3 rings (SSSR count). The molecule has 24 heteroatoms. The molecule has 0 aliphatic carbocycles. The van der Waals surface area contributed by atoms with E-state index in [0.29, 0.717) is 12.1 Å². The third-order valence-electron chi connectivity index (χ3n) is 7.12. The monoisotopic (exact) mass is 981 g/mol. The first kappa shape index (κ1) is 72.2. The van der Waals surface area contributed by atoms with Gasteiger partial charge in [0.25, 0.3) is 0 Å². The van der Waals surface area contributed by atoms with Crippen LogP contribution in [0.4, 0.5) is 8.78 Å². The number of nitrogens with one attached hydrogen (secondary N) is 2. The van der Waals surface area contributed by atoms with Gasteiger partial charge in [0.05, 0.1) is 91.0 Å². The molecule has 0 aliphatic heterocycles. The number of rotatable bonds is 15. The number of aliphatic hydroxyl groups is 1. The smallest absolute Gasteiger partial charge is 1.00 e. The molecular weight excluding hydrogens is 915 g/mol. The van der Waals surface area contributed by atoms with E-state index in [2.05, 4.69) is 77.2 Å². The van der Waals surface area contributed by atoms with Crippen molar-refractivity contribution in [3.05, 3.63) is 90.8 Å². The SMILES string of the molecule is CC(C)N=C=NC(C)C.CC[NH+](CC)CC.CC[NH+](CC)CC.O=C(O)c1ccncc1.O=C(OCC(F)(F)S(=O)(=O)[O-])c1ccncc1.O=S(=O)([O-])CCO.[Cl-].[Na+].c1ccncc1. The molecule has 0 aromatic carbocycles. The molecule has 0 atom stereocenters. The van der Waals surface area contributed by atoms with E-state index in [1.165, 1.54) is 88.3 Å². The summed E-state index contributed by atoms with van der Waals surface area (Å²) in [6, 6.07) is 14.2. The van der Waals surface area contributed by atoms with Gasteiger partial charge >= 0.3 is 46.8 Å². The Morgan fingerprint density at radius 3 is 1.25 bits per heavy atom. The average Bonchev–Trinajstić information content (AvgIpc) is 3.23. The van der Waals surface area contributed by atoms with Gasteiger partial charge in [0.2, 0.25) is 0 Å². The summed E-state index contributed by atoms with van der Waals surface area (Å²) in [5.41, 5.74) is 0.184. The summed E-state index contributed by atoms with van der Waals surface area (Å²) in [5, 5.41) is 11.5. The summed E-state index contributed by atoms with van der Waals surface area (Å²) in [4.78, 5) is 43.6. The van der Waals surface area contributed by atoms with E-state index in [1.807, 2.05) is 45.9 Å². The quantitative estimate of drug-likeness (QED) is 0.0501. The van der Waals surface area contributed by atoms with E-state index in [4.69, 9.17) is 10.2 Å². The Labute approximate surface area is 407 Å². The van der Waals surface area contributed by atoms with Crippen molar-refractivity contribution in [2.45, 2.75) is 86.6 Å². The average molecular weight is 983 g/mol. The number of carbonyl (C=O) groups excluding carboxylic acids is 1. The maximum Gasteiger partial charge on any atom is 1.00 e. The van der Waals surface area contributed by atoms with Gasteiger partial charge in [-0.15, -0.1) is 0 Å². The number of carboxylic acid groups (broad SMARTS) is 1. The Bertz CT molecular complexity index is 1760. The summed E-state index contributed by atoms with van der Waals surface area (Å²) in [6.07, 6.45) is 8.84. The molecule has 362 valence electrons. The minimum Gasteiger partial charge on any atom is -1.00 e. The Balaban J connectivity index is -0.000000158. The number of hydrogen-bond donors (Lipinski definition) is 4. The van der Waals surface area contributed by atoms with Crippen LogP contribution in [-0.4, -0.2) is 145 Å². The van der Waals surface area contributed by atoms with E-state index >= 15 is 0 Å². The molecule has 3 heterocycles. The van der Waals surface area contributed by atoms with Crippen molar-refractivity contribution in [1.29, 1.82) is 0 Å². The first-order valence-corrected chi connectivity index (χ1v) is 22.7. The van der Waals surface area contributed by atoms with Crippen LogP contribution in [0.5, 0.6) is 0 Å². The van der Waals surface area contributed by atoms with Gasteiger partial charge in [-0.25, -0.2) is 36.4 Å². The minimum absolute atomic E-state index is 0. The number of nitrogens with zero attached hydrogens (tertiary/aromatic N) is 5. The van der Waals surface area contributed by atoms with Gasteiger partial charge < -0.3 is 46.3 Å². The number of esters is 1. The zero-order valence-electron chi connectivity index (χ0n) is 38.8. The van der Waals surface area contributed by atoms with Crippen molar-refractivity contribution in [1.82, 2.24) is 15.0 Å². The third-order valence-corrected chi connectivity index (χ3v) is 8.65. The number of pyridine rings is 3. The number of halogens is 3. The van der Waals surface area contributed by atoms with Crippen LogP contribution >= 0.6 is 0 Å². The van der Waals surface area contributed by atoms with Crippen molar-refractivity contribution in [2.75, 3.05) is 58.2 Å². The molecule has 0 radical (unpaired) electrons. The van der Waals surface area contributed by atoms with Crippen LogP contribution in [0.1, 0.15) is 90.0 Å². The predicted molar refractivity (Wildman–Crippen MR) is 232 cm³/mol. The number of alkyl halides is 2. The molecule has 0 unspecified atom stereocenters. The fourth-order valence-electron chi connectivity index (χ4n) is 3.48. The summed E-state index contributed by atoms with van der Waals surface area (Å²) in [6.45, 7) is 26.6. The molecule has 0 amide bonds. The van der Waals surface area contributed by atoms with Crippen molar-refractivity contribution in [2.24, 2.45) is 9.98 Å². The van der Waals surface area contributed by atoms with Crippen LogP contribution < -0.4 is 51.8 Å². The molecule has 0 saturated carbocycles. The zero-order chi connectivity index (χ0) is 48.6. The number of carbonyl (C=O) groups is 2. The number of ether oxygens (including phenoxy) is 1. The Morgan fingerprint density at radius 1 is 0.719 bits per heavy atom. The van der Waals surface area contributed by atoms with Crippen LogP contribution in [-0.2, 0) is 25.0 Å². The van der Waals surface area contributed by atoms with Gasteiger partial charge in [-0.05, 0) is 106 Å². The van der Waals surface area contributed by atoms with E-state index in [-0.39, 0.29) is 53.1 Å². The molecule has 0 fully saturated rings. The van der Waals surface area contributed by atoms with E-state index in [9.17, 15) is 44.3 Å². The minimum atomic E-state index is -5.85. The Hall–Kier alpha value is -3.38. The van der Waals surface area contributed by atoms with Gasteiger partial charge in [0, 0.05) is 37.2 Å². The van der Waals surface area contributed by atoms with Crippen molar-refractivity contribution in [3.8, 4) is 0 Å². The van der Waals surface area contributed by atoms with Crippen molar-refractivity contribution >= 4 is 38.2 Å². The number of hydrogen-bond acceptors (Lipinski definition) is 15. The molecule has 3 aromatic rings. The maximum atomic E-state index is 12.6. The summed E-state index contributed by atoms with van der Waals surface area (Å²) in [7, 11) is -10.0. The van der Waals surface area contributed by atoms with Crippen LogP contribution in [0, 0.1) is 0 Å². The molecule has 4 N–H and O–H groups in total. The van der Waals surface area contributed by atoms with E-state index in [1.54, 1.807) is 22.2 Å². The standard InChI is InChI=1S/C8H7F2NO5S.C7H14N2.C6H5NO2.2C6H15N.C5H5N.C2H6O4S.ClH.Na/c9-8(10,17(13,14)15)5-16-7(12)6-1-3-11-4-2-6;1-6(2)8-5-9-7(3)4;8-6(9)5-1-3-7-4-2-5;2*1-4-7(5-2)6-3;1-2-4-6-5-3-1;3-1-2-7(4,5)6;;/h1-4H,5H2,(H,13,14,15);6-7H,1-4H3;1-4H,(H,8,9);2*4-6H2,1-3H3;1-5H;3H,1-2H2,(H,4,5,6);1H;/q;;;;;;;;+1/p-1. The van der Waals surface area contributed by atoms with Crippen LogP contribution in [0.25, 0.3) is 0 Å². The first-order valence-electron chi connectivity index (χ1n) is 19.7. The van der Waals surface area contributed by atoms with Gasteiger partial charge in [-0.1, -0.05) is 6.07 Å². The summed E-state index contributed by atoms with van der Waals surface area (Å²) in [5.74, 6) is -2.78. The number of quaternary nitrogens is 2. The fraction of sp³-hybridized carbons (Fsp3) is 0.550. The predicted octanol–water partition coefficient (Wildman–Crippen LogP) is -3.39. The molecular formula is C40H67ClF2N7NaO11S2. The first-order chi connectivity index (χ1) is 28.9. The number of aromatic nitrogens is 3. The molecule has 0 saturated heterocycles. The largest absolute Gasteiger partial charge is 1.00 e. The molecule has 0 spiro atoms. The van der Waals surface area contributed by atoms with Crippen LogP contribution in [0.15, 0.2) is 89.6 Å². The topological polar surface area (TPSA) is 270 Å². The van der Waals surface area contributed by atoms with Gasteiger partial charge in [-0.3, -0.25) is 15.0 Å². The summed E-state index contributed by atoms with van der Waals surface area (Å²) < 4.78 is 88.1. The second-order valence-corrected chi connectivity index (χ2v) is 15.7. The molecule has 0 bridgehead atoms. The van der Waals surface area contributed by atoms with Gasteiger partial charge in [0.1, 0.15) is 0 Å². The van der Waals surface area contributed by atoms with Crippen molar-refractivity contribution in [3.63, 3.8) is 0 Å². The molecule has 0 aliphatic rings. The van der Waals surface area contributed by atoms with Crippen LogP contribution in [0.2, 0.25) is 0 Å². The van der Waals surface area contributed by atoms with Gasteiger partial charge in [-0.2, -0.15) is 8.78 Å². The zero-order valence-corrected chi connectivity index (χ0v) is 43.2. The number of aliphatic hydroxyl groups excluding tert-OH is 1. The normalized spacial score (nSPS) is 10.1. The number of aromatic carboxylic acids is 1. The fourth-order valence-corrected chi connectivity index (χ4v) is 3.90. The Kier molecular flexibility index (Phi) is 50.6. The summed E-state index contributed by atoms with van der Waals surface area (Å²) >= 11 is 0. The second-order valence-electron chi connectivity index (χ2n) is 12.6. The molecule has 18 nitrogen and oxygen atoms in total. The molecule has 64 heavy (non-hydrogen) atoms. The third kappa shape index (κ3) is 48.1. The van der Waals surface area contributed by atoms with Crippen LogP contribution in [0.3, 0.4) is 0 Å². The second kappa shape index (κ2) is 44.8. The van der Waals surface area contributed by atoms with Gasteiger partial charge in [0.15, 0.2) is 16.7 Å². The van der Waals surface area contributed by atoms with E-state index in [0.717, 1.165) is 0 Å². The Morgan fingerprint density at radius 2 is 1.06 bits per heavy atom. The van der Waals surface area contributed by atoms with E-state index < -0.39 is 56.4 Å². The number of carboxylic acids is 1. The molecule has 3 aromatic heterocycles. The number of aliphatic imine (C=N–C) groups is 2. The maximum absolute atomic E-state index is 12.6.